The first-order chi connectivity index (χ1) is 13.5. The fourth-order valence-corrected chi connectivity index (χ4v) is 3.60. The van der Waals surface area contributed by atoms with E-state index in [9.17, 15) is 18.4 Å². The van der Waals surface area contributed by atoms with E-state index in [0.717, 1.165) is 37.8 Å². The van der Waals surface area contributed by atoms with Crippen LogP contribution in [0.15, 0.2) is 24.7 Å². The highest BCUT2D eigenvalue weighted by molar-refractivity contribution is 6.18. The molecule has 28 heavy (non-hydrogen) atoms. The lowest BCUT2D eigenvalue weighted by Crippen LogP contribution is -2.18. The molecule has 0 aliphatic heterocycles. The zero-order valence-electron chi connectivity index (χ0n) is 14.8. The molecule has 1 aromatic carbocycles. The number of nitrogens with zero attached hydrogens (tertiary/aromatic N) is 2. The number of anilines is 1. The number of aromatic amines is 1. The van der Waals surface area contributed by atoms with Gasteiger partial charge in [0, 0.05) is 12.2 Å². The summed E-state index contributed by atoms with van der Waals surface area (Å²) in [5.41, 5.74) is 4.09. The number of benzene rings is 1. The number of aromatic nitrogens is 3. The zero-order chi connectivity index (χ0) is 19.8. The summed E-state index contributed by atoms with van der Waals surface area (Å²) >= 11 is 0. The van der Waals surface area contributed by atoms with Crippen molar-refractivity contribution in [3.63, 3.8) is 0 Å². The third-order valence-electron chi connectivity index (χ3n) is 4.99. The third-order valence-corrected chi connectivity index (χ3v) is 4.99. The average molecular weight is 385 g/mol. The fourth-order valence-electron chi connectivity index (χ4n) is 3.60. The first kappa shape index (κ1) is 18.0. The molecule has 0 radical (unpaired) electrons. The first-order valence-electron chi connectivity index (χ1n) is 8.88. The Bertz CT molecular complexity index is 1090. The van der Waals surface area contributed by atoms with Crippen molar-refractivity contribution in [2.24, 2.45) is 5.73 Å². The highest BCUT2D eigenvalue weighted by Crippen LogP contribution is 2.30. The van der Waals surface area contributed by atoms with Crippen LogP contribution in [0.5, 0.6) is 0 Å². The van der Waals surface area contributed by atoms with Crippen LogP contribution in [-0.2, 0) is 0 Å². The molecule has 144 valence electrons. The van der Waals surface area contributed by atoms with Crippen LogP contribution in [0.25, 0.3) is 11.0 Å². The van der Waals surface area contributed by atoms with Crippen LogP contribution >= 0.6 is 0 Å². The van der Waals surface area contributed by atoms with Crippen molar-refractivity contribution in [3.8, 4) is 0 Å². The molecule has 7 nitrogen and oxygen atoms in total. The smallest absolute Gasteiger partial charge is 0.251 e. The molecule has 0 spiro atoms. The second-order valence-corrected chi connectivity index (χ2v) is 6.75. The van der Waals surface area contributed by atoms with E-state index >= 15 is 0 Å². The standard InChI is InChI=1S/C19H17F2N5O2/c20-12-6-5-10(17(22)28)15(21)14(12)16(27)11-7-23-18-13(11)19(25-8-24-18)26-9-3-1-2-4-9/h5-9H,1-4H2,(H2,22,28)(H2,23,24,25,26). The molecule has 0 unspecified atom stereocenters. The van der Waals surface area contributed by atoms with Gasteiger partial charge in [-0.25, -0.2) is 18.7 Å². The Hall–Kier alpha value is -3.36. The maximum Gasteiger partial charge on any atom is 0.251 e. The normalized spacial score (nSPS) is 14.5. The van der Waals surface area contributed by atoms with E-state index in [4.69, 9.17) is 5.73 Å². The van der Waals surface area contributed by atoms with E-state index in [2.05, 4.69) is 20.3 Å². The van der Waals surface area contributed by atoms with Crippen molar-refractivity contribution in [3.05, 3.63) is 53.0 Å². The number of H-pyrrole nitrogens is 1. The Labute approximate surface area is 158 Å². The van der Waals surface area contributed by atoms with Crippen molar-refractivity contribution >= 4 is 28.5 Å². The van der Waals surface area contributed by atoms with E-state index in [1.54, 1.807) is 0 Å². The molecule has 0 bridgehead atoms. The summed E-state index contributed by atoms with van der Waals surface area (Å²) in [5, 5.41) is 3.64. The van der Waals surface area contributed by atoms with Crippen LogP contribution in [0.3, 0.4) is 0 Å². The lowest BCUT2D eigenvalue weighted by atomic mass is 9.99. The quantitative estimate of drug-likeness (QED) is 0.585. The largest absolute Gasteiger partial charge is 0.367 e. The predicted molar refractivity (Wildman–Crippen MR) is 98.1 cm³/mol. The summed E-state index contributed by atoms with van der Waals surface area (Å²) in [4.78, 5) is 35.5. The molecule has 1 fully saturated rings. The van der Waals surface area contributed by atoms with Gasteiger partial charge in [-0.1, -0.05) is 12.8 Å². The van der Waals surface area contributed by atoms with Gasteiger partial charge < -0.3 is 16.0 Å². The number of primary amides is 1. The minimum Gasteiger partial charge on any atom is -0.367 e. The summed E-state index contributed by atoms with van der Waals surface area (Å²) in [6.07, 6.45) is 6.82. The molecular formula is C19H17F2N5O2. The van der Waals surface area contributed by atoms with Crippen LogP contribution in [0.4, 0.5) is 14.6 Å². The number of rotatable bonds is 5. The highest BCUT2D eigenvalue weighted by atomic mass is 19.1. The predicted octanol–water partition coefficient (Wildman–Crippen LogP) is 2.92. The molecule has 1 aliphatic carbocycles. The van der Waals surface area contributed by atoms with Crippen molar-refractivity contribution in [2.75, 3.05) is 5.32 Å². The summed E-state index contributed by atoms with van der Waals surface area (Å²) in [6, 6.07) is 1.97. The second-order valence-electron chi connectivity index (χ2n) is 6.75. The molecule has 4 rings (SSSR count). The van der Waals surface area contributed by atoms with Gasteiger partial charge in [-0.05, 0) is 25.0 Å². The number of hydrogen-bond donors (Lipinski definition) is 3. The number of nitrogens with two attached hydrogens (primary N) is 1. The molecule has 1 amide bonds. The van der Waals surface area contributed by atoms with Gasteiger partial charge in [0.1, 0.15) is 29.4 Å². The minimum absolute atomic E-state index is 0.00974. The van der Waals surface area contributed by atoms with Crippen molar-refractivity contribution in [2.45, 2.75) is 31.7 Å². The van der Waals surface area contributed by atoms with Crippen molar-refractivity contribution in [1.82, 2.24) is 15.0 Å². The number of halogens is 2. The zero-order valence-corrected chi connectivity index (χ0v) is 14.8. The van der Waals surface area contributed by atoms with Crippen molar-refractivity contribution < 1.29 is 18.4 Å². The maximum absolute atomic E-state index is 14.6. The Morgan fingerprint density at radius 2 is 1.89 bits per heavy atom. The number of ketones is 1. The number of hydrogen-bond acceptors (Lipinski definition) is 5. The van der Waals surface area contributed by atoms with Gasteiger partial charge in [-0.3, -0.25) is 9.59 Å². The molecule has 4 N–H and O–H groups in total. The number of carbonyl (C=O) groups excluding carboxylic acids is 2. The summed E-state index contributed by atoms with van der Waals surface area (Å²) < 4.78 is 28.9. The fraction of sp³-hybridized carbons (Fsp3) is 0.263. The Kier molecular flexibility index (Phi) is 4.50. The van der Waals surface area contributed by atoms with E-state index in [1.807, 2.05) is 0 Å². The van der Waals surface area contributed by atoms with Crippen LogP contribution < -0.4 is 11.1 Å². The number of carbonyl (C=O) groups is 2. The topological polar surface area (TPSA) is 114 Å². The highest BCUT2D eigenvalue weighted by Gasteiger charge is 2.27. The van der Waals surface area contributed by atoms with Gasteiger partial charge in [0.25, 0.3) is 5.91 Å². The monoisotopic (exact) mass is 385 g/mol. The van der Waals surface area contributed by atoms with Crippen LogP contribution in [-0.4, -0.2) is 32.7 Å². The molecule has 3 aromatic rings. The molecule has 0 saturated heterocycles. The molecule has 1 aliphatic rings. The average Bonchev–Trinajstić information content (AvgIpc) is 3.31. The Balaban J connectivity index is 1.83. The Morgan fingerprint density at radius 1 is 1.14 bits per heavy atom. The minimum atomic E-state index is -1.28. The van der Waals surface area contributed by atoms with Crippen LogP contribution in [0.2, 0.25) is 0 Å². The van der Waals surface area contributed by atoms with E-state index in [1.165, 1.54) is 12.5 Å². The number of fused-ring (bicyclic) bond motifs is 1. The van der Waals surface area contributed by atoms with Crippen LogP contribution in [0.1, 0.15) is 52.0 Å². The van der Waals surface area contributed by atoms with Gasteiger partial charge in [0.15, 0.2) is 0 Å². The number of nitrogens with one attached hydrogen (secondary N) is 2. The van der Waals surface area contributed by atoms with Gasteiger partial charge in [-0.15, -0.1) is 0 Å². The number of amides is 1. The summed E-state index contributed by atoms with van der Waals surface area (Å²) in [7, 11) is 0. The lowest BCUT2D eigenvalue weighted by molar-refractivity contribution is 0.0996. The lowest BCUT2D eigenvalue weighted by Gasteiger charge is -2.14. The molecule has 9 heteroatoms. The van der Waals surface area contributed by atoms with Gasteiger partial charge >= 0.3 is 0 Å². The summed E-state index contributed by atoms with van der Waals surface area (Å²) in [5.74, 6) is -3.95. The molecule has 2 aromatic heterocycles. The molecule has 2 heterocycles. The van der Waals surface area contributed by atoms with E-state index in [-0.39, 0.29) is 11.6 Å². The Morgan fingerprint density at radius 3 is 2.61 bits per heavy atom. The molecular weight excluding hydrogens is 368 g/mol. The molecule has 1 saturated carbocycles. The van der Waals surface area contributed by atoms with Gasteiger partial charge in [-0.2, -0.15) is 0 Å². The third kappa shape index (κ3) is 2.98. The van der Waals surface area contributed by atoms with E-state index in [0.29, 0.717) is 16.9 Å². The second kappa shape index (κ2) is 6.99. The van der Waals surface area contributed by atoms with Crippen molar-refractivity contribution in [1.29, 1.82) is 0 Å². The SMILES string of the molecule is NC(=O)c1ccc(F)c(C(=O)c2c[nH]c3ncnc(NC4CCCC4)c23)c1F. The van der Waals surface area contributed by atoms with Crippen LogP contribution in [0, 0.1) is 11.6 Å². The molecule has 0 atom stereocenters. The summed E-state index contributed by atoms with van der Waals surface area (Å²) in [6.45, 7) is 0. The maximum atomic E-state index is 14.6. The first-order valence-corrected chi connectivity index (χ1v) is 8.88. The van der Waals surface area contributed by atoms with E-state index < -0.39 is 34.5 Å². The van der Waals surface area contributed by atoms with Gasteiger partial charge in [0.05, 0.1) is 22.1 Å². The van der Waals surface area contributed by atoms with Gasteiger partial charge in [0.2, 0.25) is 5.78 Å².